The Labute approximate surface area is 256 Å². The Morgan fingerprint density at radius 2 is 1.65 bits per heavy atom. The van der Waals surface area contributed by atoms with Crippen LogP contribution in [0.4, 0.5) is 11.4 Å². The molecule has 2 N–H and O–H groups in total. The Bertz CT molecular complexity index is 1570. The highest BCUT2D eigenvalue weighted by atomic mass is 32.2. The van der Waals surface area contributed by atoms with E-state index >= 15 is 0 Å². The summed E-state index contributed by atoms with van der Waals surface area (Å²) in [5, 5.41) is 13.0. The van der Waals surface area contributed by atoms with E-state index in [-0.39, 0.29) is 24.7 Å². The first-order chi connectivity index (χ1) is 20.9. The zero-order chi connectivity index (χ0) is 30.6. The number of nitrogens with zero attached hydrogens (tertiary/aromatic N) is 1. The van der Waals surface area contributed by atoms with E-state index in [0.29, 0.717) is 29.1 Å². The van der Waals surface area contributed by atoms with Crippen LogP contribution in [-0.2, 0) is 16.0 Å². The van der Waals surface area contributed by atoms with Crippen molar-refractivity contribution >= 4 is 40.8 Å². The largest absolute Gasteiger partial charge is 0.492 e. The predicted octanol–water partition coefficient (Wildman–Crippen LogP) is 6.74. The first kappa shape index (κ1) is 31.1. The van der Waals surface area contributed by atoms with Gasteiger partial charge in [0.15, 0.2) is 5.78 Å². The van der Waals surface area contributed by atoms with Crippen LogP contribution in [0.15, 0.2) is 120 Å². The molecule has 0 heterocycles. The van der Waals surface area contributed by atoms with Gasteiger partial charge >= 0.3 is 5.97 Å². The van der Waals surface area contributed by atoms with Crippen molar-refractivity contribution in [3.05, 3.63) is 132 Å². The Kier molecular flexibility index (Phi) is 11.2. The number of allylic oxidation sites excluding steroid dienone is 1. The fraction of sp³-hybridized carbons (Fsp3) is 0.171. The molecule has 7 nitrogen and oxygen atoms in total. The van der Waals surface area contributed by atoms with Gasteiger partial charge in [-0.25, -0.2) is 4.79 Å². The van der Waals surface area contributed by atoms with Crippen molar-refractivity contribution in [3.8, 4) is 5.75 Å². The lowest BCUT2D eigenvalue weighted by atomic mass is 10.00. The molecule has 0 bridgehead atoms. The van der Waals surface area contributed by atoms with Crippen molar-refractivity contribution in [1.29, 1.82) is 0 Å². The molecule has 0 aromatic heterocycles. The summed E-state index contributed by atoms with van der Waals surface area (Å²) in [7, 11) is 0. The van der Waals surface area contributed by atoms with Gasteiger partial charge in [-0.3, -0.25) is 9.59 Å². The molecule has 8 heteroatoms. The van der Waals surface area contributed by atoms with Crippen molar-refractivity contribution in [2.75, 3.05) is 29.6 Å². The number of aliphatic carboxylic acids is 1. The molecule has 1 atom stereocenters. The second-order valence-corrected chi connectivity index (χ2v) is 10.5. The van der Waals surface area contributed by atoms with E-state index in [2.05, 4.69) is 5.32 Å². The van der Waals surface area contributed by atoms with Gasteiger partial charge in [-0.15, -0.1) is 11.8 Å². The number of carboxylic acid groups (broad SMARTS) is 1. The molecule has 0 spiro atoms. The van der Waals surface area contributed by atoms with Crippen molar-refractivity contribution in [1.82, 2.24) is 0 Å². The maximum Gasteiger partial charge on any atom is 0.326 e. The first-order valence-corrected chi connectivity index (χ1v) is 15.1. The fourth-order valence-electron chi connectivity index (χ4n) is 4.53. The number of hydrogen-bond acceptors (Lipinski definition) is 6. The lowest BCUT2D eigenvalue weighted by molar-refractivity contribution is -0.137. The van der Waals surface area contributed by atoms with Gasteiger partial charge < -0.3 is 20.1 Å². The number of amides is 1. The highest BCUT2D eigenvalue weighted by Crippen LogP contribution is 2.24. The van der Waals surface area contributed by atoms with Gasteiger partial charge in [0.2, 0.25) is 0 Å². The third kappa shape index (κ3) is 8.59. The number of rotatable bonds is 14. The zero-order valence-corrected chi connectivity index (χ0v) is 24.9. The molecule has 0 aliphatic rings. The van der Waals surface area contributed by atoms with Crippen LogP contribution in [0.3, 0.4) is 0 Å². The molecule has 4 rings (SSSR count). The number of ether oxygens (including phenoxy) is 1. The Morgan fingerprint density at radius 1 is 0.930 bits per heavy atom. The summed E-state index contributed by atoms with van der Waals surface area (Å²) in [5.74, 6) is -0.728. The van der Waals surface area contributed by atoms with Gasteiger partial charge in [0.1, 0.15) is 18.4 Å². The van der Waals surface area contributed by atoms with E-state index in [1.807, 2.05) is 48.7 Å². The molecule has 4 aromatic rings. The standard InChI is InChI=1S/C35H34N2O5S/c1-3-10-33(38)37(27-13-9-14-29(24-27)43-2)21-22-42-28-19-17-25(18-20-28)23-32(35(40)41)36-31-16-8-7-15-30(31)34(39)26-11-5-4-6-12-26/h3-20,24,32,36H,21-23H2,1-2H3,(H,40,41)/b10-3+/t32-/m0/s1. The average molecular weight is 595 g/mol. The van der Waals surface area contributed by atoms with E-state index < -0.39 is 12.0 Å². The Hall–Kier alpha value is -4.82. The van der Waals surface area contributed by atoms with Gasteiger partial charge in [-0.05, 0) is 67.3 Å². The number of thioether (sulfide) groups is 1. The van der Waals surface area contributed by atoms with Gasteiger partial charge in [-0.1, -0.05) is 66.7 Å². The van der Waals surface area contributed by atoms with Crippen LogP contribution < -0.4 is 15.0 Å². The minimum atomic E-state index is -1.03. The van der Waals surface area contributed by atoms with E-state index in [9.17, 15) is 19.5 Å². The number of benzene rings is 4. The van der Waals surface area contributed by atoms with Gasteiger partial charge in [0.05, 0.1) is 6.54 Å². The molecule has 0 radical (unpaired) electrons. The quantitative estimate of drug-likeness (QED) is 0.0949. The number of nitrogens with one attached hydrogen (secondary N) is 1. The summed E-state index contributed by atoms with van der Waals surface area (Å²) >= 11 is 1.61. The molecule has 4 aromatic carbocycles. The highest BCUT2D eigenvalue weighted by Gasteiger charge is 2.21. The Morgan fingerprint density at radius 3 is 2.35 bits per heavy atom. The zero-order valence-electron chi connectivity index (χ0n) is 24.1. The summed E-state index contributed by atoms with van der Waals surface area (Å²) < 4.78 is 5.94. The van der Waals surface area contributed by atoms with Gasteiger partial charge in [-0.2, -0.15) is 0 Å². The van der Waals surface area contributed by atoms with Crippen molar-refractivity contribution < 1.29 is 24.2 Å². The van der Waals surface area contributed by atoms with E-state index in [0.717, 1.165) is 16.1 Å². The molecule has 1 amide bonds. The number of carboxylic acids is 1. The van der Waals surface area contributed by atoms with E-state index in [1.165, 1.54) is 6.08 Å². The summed E-state index contributed by atoms with van der Waals surface area (Å²) in [5.41, 5.74) is 2.99. The Balaban J connectivity index is 1.40. The van der Waals surface area contributed by atoms with E-state index in [4.69, 9.17) is 4.74 Å². The molecule has 0 saturated carbocycles. The number of carbonyl (C=O) groups is 3. The predicted molar refractivity (Wildman–Crippen MR) is 172 cm³/mol. The molecular formula is C35H34N2O5S. The van der Waals surface area contributed by atoms with Gasteiger partial charge in [0, 0.05) is 33.8 Å². The van der Waals surface area contributed by atoms with Crippen molar-refractivity contribution in [3.63, 3.8) is 0 Å². The normalized spacial score (nSPS) is 11.6. The first-order valence-electron chi connectivity index (χ1n) is 13.9. The molecule has 43 heavy (non-hydrogen) atoms. The van der Waals surface area contributed by atoms with Crippen molar-refractivity contribution in [2.24, 2.45) is 0 Å². The topological polar surface area (TPSA) is 95.9 Å². The third-order valence-electron chi connectivity index (χ3n) is 6.72. The van der Waals surface area contributed by atoms with E-state index in [1.54, 1.807) is 90.3 Å². The smallest absolute Gasteiger partial charge is 0.326 e. The van der Waals surface area contributed by atoms with Crippen LogP contribution in [0.5, 0.6) is 5.75 Å². The maximum absolute atomic E-state index is 13.1. The molecule has 0 saturated heterocycles. The number of carbonyl (C=O) groups excluding carboxylic acids is 2. The SMILES string of the molecule is C/C=C/C(=O)N(CCOc1ccc(C[C@H](Nc2ccccc2C(=O)c2ccccc2)C(=O)O)cc1)c1cccc(SC)c1. The second kappa shape index (κ2) is 15.4. The maximum atomic E-state index is 13.1. The number of anilines is 2. The molecular weight excluding hydrogens is 560 g/mol. The second-order valence-electron chi connectivity index (χ2n) is 9.66. The summed E-state index contributed by atoms with van der Waals surface area (Å²) in [6, 6.07) is 29.9. The summed E-state index contributed by atoms with van der Waals surface area (Å²) in [6.07, 6.45) is 5.43. The van der Waals surface area contributed by atoms with Crippen LogP contribution >= 0.6 is 11.8 Å². The molecule has 0 fully saturated rings. The van der Waals surface area contributed by atoms with Gasteiger partial charge in [0.25, 0.3) is 5.91 Å². The fourth-order valence-corrected chi connectivity index (χ4v) is 4.98. The number of ketones is 1. The lowest BCUT2D eigenvalue weighted by Gasteiger charge is -2.22. The molecule has 0 aliphatic carbocycles. The minimum Gasteiger partial charge on any atom is -0.492 e. The molecule has 0 unspecified atom stereocenters. The van der Waals surface area contributed by atoms with Crippen molar-refractivity contribution in [2.45, 2.75) is 24.3 Å². The number of para-hydroxylation sites is 1. The average Bonchev–Trinajstić information content (AvgIpc) is 3.04. The van der Waals surface area contributed by atoms with Crippen LogP contribution in [0.25, 0.3) is 0 Å². The van der Waals surface area contributed by atoms with Crippen LogP contribution in [0, 0.1) is 0 Å². The highest BCUT2D eigenvalue weighted by molar-refractivity contribution is 7.98. The summed E-state index contributed by atoms with van der Waals surface area (Å²) in [6.45, 7) is 2.44. The number of hydrogen-bond donors (Lipinski definition) is 2. The summed E-state index contributed by atoms with van der Waals surface area (Å²) in [4.78, 5) is 40.8. The van der Waals surface area contributed by atoms with Crippen LogP contribution in [0.1, 0.15) is 28.4 Å². The van der Waals surface area contributed by atoms with Crippen LogP contribution in [-0.4, -0.2) is 48.2 Å². The lowest BCUT2D eigenvalue weighted by Crippen LogP contribution is -2.33. The molecule has 0 aliphatic heterocycles. The monoisotopic (exact) mass is 594 g/mol. The third-order valence-corrected chi connectivity index (χ3v) is 7.45. The van der Waals surface area contributed by atoms with Crippen LogP contribution in [0.2, 0.25) is 0 Å². The minimum absolute atomic E-state index is 0.126. The molecule has 220 valence electrons.